The second kappa shape index (κ2) is 3.53. The first-order chi connectivity index (χ1) is 6.97. The van der Waals surface area contributed by atoms with Gasteiger partial charge in [-0.15, -0.1) is 0 Å². The molecule has 0 saturated carbocycles. The zero-order chi connectivity index (χ0) is 11.1. The van der Waals surface area contributed by atoms with Crippen LogP contribution in [-0.2, 0) is 13.0 Å². The largest absolute Gasteiger partial charge is 0.399 e. The number of benzene rings is 1. The first-order valence-corrected chi connectivity index (χ1v) is 5.59. The van der Waals surface area contributed by atoms with Gasteiger partial charge in [-0.3, -0.25) is 4.90 Å². The van der Waals surface area contributed by atoms with Gasteiger partial charge in [0.05, 0.1) is 0 Å². The van der Waals surface area contributed by atoms with Gasteiger partial charge < -0.3 is 5.73 Å². The molecular formula is C13H20N2. The molecule has 0 aliphatic carbocycles. The summed E-state index contributed by atoms with van der Waals surface area (Å²) in [5.41, 5.74) is 9.80. The molecule has 2 nitrogen and oxygen atoms in total. The number of nitrogen functional groups attached to an aromatic ring is 1. The van der Waals surface area contributed by atoms with Crippen molar-refractivity contribution in [3.8, 4) is 0 Å². The van der Waals surface area contributed by atoms with Gasteiger partial charge in [0.15, 0.2) is 0 Å². The van der Waals surface area contributed by atoms with Crippen LogP contribution in [0.15, 0.2) is 18.2 Å². The molecule has 0 saturated heterocycles. The Labute approximate surface area is 92.1 Å². The molecule has 0 spiro atoms. The highest BCUT2D eigenvalue weighted by molar-refractivity contribution is 5.45. The Balaban J connectivity index is 2.24. The molecule has 2 heteroatoms. The van der Waals surface area contributed by atoms with Crippen LogP contribution in [0.3, 0.4) is 0 Å². The molecule has 0 bridgehead atoms. The minimum Gasteiger partial charge on any atom is -0.399 e. The van der Waals surface area contributed by atoms with Gasteiger partial charge in [0.25, 0.3) is 0 Å². The van der Waals surface area contributed by atoms with Crippen LogP contribution in [0, 0.1) is 0 Å². The van der Waals surface area contributed by atoms with Gasteiger partial charge >= 0.3 is 0 Å². The van der Waals surface area contributed by atoms with Crippen molar-refractivity contribution in [2.24, 2.45) is 0 Å². The Morgan fingerprint density at radius 1 is 1.20 bits per heavy atom. The zero-order valence-electron chi connectivity index (χ0n) is 9.88. The SMILES string of the molecule is CC(C)(C)N1CCc2cc(N)ccc2C1. The third-order valence-electron chi connectivity index (χ3n) is 3.19. The fourth-order valence-electron chi connectivity index (χ4n) is 2.15. The van der Waals surface area contributed by atoms with E-state index in [0.717, 1.165) is 25.2 Å². The predicted molar refractivity (Wildman–Crippen MR) is 64.7 cm³/mol. The van der Waals surface area contributed by atoms with Crippen molar-refractivity contribution in [3.63, 3.8) is 0 Å². The molecule has 1 aromatic carbocycles. The van der Waals surface area contributed by atoms with Crippen LogP contribution < -0.4 is 5.73 Å². The van der Waals surface area contributed by atoms with Crippen molar-refractivity contribution in [1.82, 2.24) is 4.90 Å². The molecule has 1 aliphatic heterocycles. The minimum atomic E-state index is 0.263. The lowest BCUT2D eigenvalue weighted by molar-refractivity contribution is 0.121. The van der Waals surface area contributed by atoms with Gasteiger partial charge in [-0.05, 0) is 50.5 Å². The Morgan fingerprint density at radius 2 is 1.93 bits per heavy atom. The van der Waals surface area contributed by atoms with E-state index in [2.05, 4.69) is 37.8 Å². The second-order valence-corrected chi connectivity index (χ2v) is 5.37. The summed E-state index contributed by atoms with van der Waals surface area (Å²) in [6, 6.07) is 6.29. The minimum absolute atomic E-state index is 0.263. The van der Waals surface area contributed by atoms with Crippen molar-refractivity contribution in [2.75, 3.05) is 12.3 Å². The monoisotopic (exact) mass is 204 g/mol. The van der Waals surface area contributed by atoms with Crippen LogP contribution >= 0.6 is 0 Å². The highest BCUT2D eigenvalue weighted by atomic mass is 15.2. The number of hydrogen-bond donors (Lipinski definition) is 1. The van der Waals surface area contributed by atoms with E-state index in [-0.39, 0.29) is 5.54 Å². The molecule has 82 valence electrons. The average molecular weight is 204 g/mol. The summed E-state index contributed by atoms with van der Waals surface area (Å²) in [5, 5.41) is 0. The highest BCUT2D eigenvalue weighted by Crippen LogP contribution is 2.26. The quantitative estimate of drug-likeness (QED) is 0.658. The molecule has 0 fully saturated rings. The number of anilines is 1. The summed E-state index contributed by atoms with van der Waals surface area (Å²) in [5.74, 6) is 0. The molecule has 1 heterocycles. The van der Waals surface area contributed by atoms with E-state index in [4.69, 9.17) is 5.73 Å². The summed E-state index contributed by atoms with van der Waals surface area (Å²) in [4.78, 5) is 2.52. The van der Waals surface area contributed by atoms with Gasteiger partial charge in [-0.25, -0.2) is 0 Å². The van der Waals surface area contributed by atoms with Crippen molar-refractivity contribution in [1.29, 1.82) is 0 Å². The maximum absolute atomic E-state index is 5.79. The number of fused-ring (bicyclic) bond motifs is 1. The molecule has 0 radical (unpaired) electrons. The van der Waals surface area contributed by atoms with Gasteiger partial charge in [0, 0.05) is 24.3 Å². The molecule has 0 unspecified atom stereocenters. The molecule has 0 atom stereocenters. The topological polar surface area (TPSA) is 29.3 Å². The molecule has 0 aromatic heterocycles. The Bertz CT molecular complexity index is 363. The second-order valence-electron chi connectivity index (χ2n) is 5.37. The van der Waals surface area contributed by atoms with Crippen LogP contribution in [-0.4, -0.2) is 17.0 Å². The lowest BCUT2D eigenvalue weighted by atomic mass is 9.95. The van der Waals surface area contributed by atoms with Gasteiger partial charge in [0.1, 0.15) is 0 Å². The molecule has 1 aromatic rings. The average Bonchev–Trinajstić information content (AvgIpc) is 2.15. The Morgan fingerprint density at radius 3 is 2.60 bits per heavy atom. The fraction of sp³-hybridized carbons (Fsp3) is 0.538. The van der Waals surface area contributed by atoms with Crippen LogP contribution in [0.2, 0.25) is 0 Å². The van der Waals surface area contributed by atoms with Crippen molar-refractivity contribution in [2.45, 2.75) is 39.3 Å². The zero-order valence-corrected chi connectivity index (χ0v) is 9.88. The van der Waals surface area contributed by atoms with Gasteiger partial charge in [-0.2, -0.15) is 0 Å². The number of nitrogens with zero attached hydrogens (tertiary/aromatic N) is 1. The van der Waals surface area contributed by atoms with E-state index >= 15 is 0 Å². The standard InChI is InChI=1S/C13H20N2/c1-13(2,3)15-7-6-10-8-12(14)5-4-11(10)9-15/h4-5,8H,6-7,9,14H2,1-3H3. The normalized spacial score (nSPS) is 17.5. The van der Waals surface area contributed by atoms with E-state index in [1.807, 2.05) is 6.07 Å². The van der Waals surface area contributed by atoms with E-state index in [1.54, 1.807) is 0 Å². The summed E-state index contributed by atoms with van der Waals surface area (Å²) in [7, 11) is 0. The molecule has 0 amide bonds. The third kappa shape index (κ3) is 2.15. The van der Waals surface area contributed by atoms with Crippen LogP contribution in [0.4, 0.5) is 5.69 Å². The summed E-state index contributed by atoms with van der Waals surface area (Å²) in [6.45, 7) is 9.01. The summed E-state index contributed by atoms with van der Waals surface area (Å²) in [6.07, 6.45) is 1.12. The van der Waals surface area contributed by atoms with Gasteiger partial charge in [-0.1, -0.05) is 6.07 Å². The van der Waals surface area contributed by atoms with E-state index in [9.17, 15) is 0 Å². The summed E-state index contributed by atoms with van der Waals surface area (Å²) < 4.78 is 0. The van der Waals surface area contributed by atoms with Crippen LogP contribution in [0.25, 0.3) is 0 Å². The molecule has 2 rings (SSSR count). The molecule has 2 N–H and O–H groups in total. The summed E-state index contributed by atoms with van der Waals surface area (Å²) >= 11 is 0. The first-order valence-electron chi connectivity index (χ1n) is 5.59. The van der Waals surface area contributed by atoms with Crippen molar-refractivity contribution >= 4 is 5.69 Å². The van der Waals surface area contributed by atoms with E-state index < -0.39 is 0 Å². The third-order valence-corrected chi connectivity index (χ3v) is 3.19. The van der Waals surface area contributed by atoms with Crippen LogP contribution in [0.1, 0.15) is 31.9 Å². The highest BCUT2D eigenvalue weighted by Gasteiger charge is 2.25. The maximum atomic E-state index is 5.79. The van der Waals surface area contributed by atoms with Gasteiger partial charge in [0.2, 0.25) is 0 Å². The molecule has 1 aliphatic rings. The van der Waals surface area contributed by atoms with Crippen molar-refractivity contribution in [3.05, 3.63) is 29.3 Å². The maximum Gasteiger partial charge on any atom is 0.0316 e. The molecular weight excluding hydrogens is 184 g/mol. The molecule has 15 heavy (non-hydrogen) atoms. The smallest absolute Gasteiger partial charge is 0.0316 e. The van der Waals surface area contributed by atoms with E-state index in [1.165, 1.54) is 11.1 Å². The Hall–Kier alpha value is -1.02. The fourth-order valence-corrected chi connectivity index (χ4v) is 2.15. The lowest BCUT2D eigenvalue weighted by Crippen LogP contribution is -2.44. The van der Waals surface area contributed by atoms with Crippen LogP contribution in [0.5, 0.6) is 0 Å². The number of rotatable bonds is 0. The predicted octanol–water partition coefficient (Wildman–Crippen LogP) is 2.43. The van der Waals surface area contributed by atoms with Crippen molar-refractivity contribution < 1.29 is 0 Å². The lowest BCUT2D eigenvalue weighted by Gasteiger charge is -2.39. The first kappa shape index (κ1) is 10.5. The van der Waals surface area contributed by atoms with E-state index in [0.29, 0.717) is 0 Å². The number of nitrogens with two attached hydrogens (primary N) is 1. The Kier molecular flexibility index (Phi) is 2.47. The number of hydrogen-bond acceptors (Lipinski definition) is 2.